The molecular formula is C12H13ClFN5O. The molecule has 1 aromatic heterocycles. The lowest BCUT2D eigenvalue weighted by Gasteiger charge is -2.09. The predicted molar refractivity (Wildman–Crippen MR) is 75.2 cm³/mol. The van der Waals surface area contributed by atoms with Crippen LogP contribution in [0.1, 0.15) is 6.92 Å². The number of ether oxygens (including phenoxy) is 1. The van der Waals surface area contributed by atoms with E-state index in [1.807, 2.05) is 6.92 Å². The third-order valence-corrected chi connectivity index (χ3v) is 2.62. The molecule has 2 aromatic rings. The Morgan fingerprint density at radius 3 is 2.70 bits per heavy atom. The van der Waals surface area contributed by atoms with E-state index in [0.29, 0.717) is 23.3 Å². The molecule has 0 unspecified atom stereocenters. The van der Waals surface area contributed by atoms with Crippen LogP contribution in [0.15, 0.2) is 18.2 Å². The van der Waals surface area contributed by atoms with Gasteiger partial charge in [-0.25, -0.2) is 4.39 Å². The first-order chi connectivity index (χ1) is 9.62. The molecule has 0 aliphatic heterocycles. The summed E-state index contributed by atoms with van der Waals surface area (Å²) in [6.45, 7) is 2.24. The van der Waals surface area contributed by atoms with Crippen LogP contribution in [-0.4, -0.2) is 28.6 Å². The Kier molecular flexibility index (Phi) is 4.52. The lowest BCUT2D eigenvalue weighted by atomic mass is 10.3. The van der Waals surface area contributed by atoms with Gasteiger partial charge in [-0.3, -0.25) is 0 Å². The predicted octanol–water partition coefficient (Wildman–Crippen LogP) is 2.85. The van der Waals surface area contributed by atoms with E-state index in [9.17, 15) is 4.39 Å². The van der Waals surface area contributed by atoms with E-state index < -0.39 is 5.82 Å². The molecule has 1 heterocycles. The van der Waals surface area contributed by atoms with Gasteiger partial charge in [0.15, 0.2) is 0 Å². The van der Waals surface area contributed by atoms with E-state index in [4.69, 9.17) is 16.3 Å². The quantitative estimate of drug-likeness (QED) is 0.884. The summed E-state index contributed by atoms with van der Waals surface area (Å²) >= 11 is 5.97. The van der Waals surface area contributed by atoms with Crippen LogP contribution in [0.2, 0.25) is 5.02 Å². The summed E-state index contributed by atoms with van der Waals surface area (Å²) in [6.07, 6.45) is 0. The number of hydrogen-bond acceptors (Lipinski definition) is 6. The molecule has 0 saturated carbocycles. The molecule has 8 heteroatoms. The second-order valence-electron chi connectivity index (χ2n) is 3.70. The van der Waals surface area contributed by atoms with Crippen LogP contribution in [-0.2, 0) is 0 Å². The van der Waals surface area contributed by atoms with Gasteiger partial charge in [-0.15, -0.1) is 0 Å². The zero-order chi connectivity index (χ0) is 14.5. The van der Waals surface area contributed by atoms with Gasteiger partial charge in [0.25, 0.3) is 0 Å². The van der Waals surface area contributed by atoms with Gasteiger partial charge in [-0.1, -0.05) is 11.6 Å². The number of nitrogens with one attached hydrogen (secondary N) is 2. The highest BCUT2D eigenvalue weighted by Crippen LogP contribution is 2.25. The van der Waals surface area contributed by atoms with E-state index in [1.165, 1.54) is 18.2 Å². The van der Waals surface area contributed by atoms with Crippen molar-refractivity contribution in [3.8, 4) is 6.01 Å². The summed E-state index contributed by atoms with van der Waals surface area (Å²) in [5.74, 6) is 0.128. The van der Waals surface area contributed by atoms with Crippen LogP contribution in [0.4, 0.5) is 22.0 Å². The molecule has 2 N–H and O–H groups in total. The van der Waals surface area contributed by atoms with E-state index in [2.05, 4.69) is 25.6 Å². The molecule has 0 atom stereocenters. The minimum atomic E-state index is -0.412. The first kappa shape index (κ1) is 14.3. The average molecular weight is 298 g/mol. The highest BCUT2D eigenvalue weighted by Gasteiger charge is 2.09. The highest BCUT2D eigenvalue weighted by atomic mass is 35.5. The first-order valence-corrected chi connectivity index (χ1v) is 6.29. The van der Waals surface area contributed by atoms with E-state index >= 15 is 0 Å². The standard InChI is InChI=1S/C12H13ClFN5O/c1-3-20-12-18-10(15-2)17-11(19-12)16-9-6-7(14)4-5-8(9)13/h4-6H,3H2,1-2H3,(H2,15,16,17,18,19). The van der Waals surface area contributed by atoms with Gasteiger partial charge in [0.2, 0.25) is 11.9 Å². The van der Waals surface area contributed by atoms with Crippen LogP contribution in [0.25, 0.3) is 0 Å². The fourth-order valence-electron chi connectivity index (χ4n) is 1.43. The Hall–Kier alpha value is -2.15. The summed E-state index contributed by atoms with van der Waals surface area (Å²) in [4.78, 5) is 12.2. The molecule has 20 heavy (non-hydrogen) atoms. The third-order valence-electron chi connectivity index (χ3n) is 2.29. The lowest BCUT2D eigenvalue weighted by molar-refractivity contribution is 0.312. The van der Waals surface area contributed by atoms with Crippen molar-refractivity contribution < 1.29 is 9.13 Å². The maximum Gasteiger partial charge on any atom is 0.323 e. The molecule has 106 valence electrons. The topological polar surface area (TPSA) is 72.0 Å². The number of anilines is 3. The van der Waals surface area contributed by atoms with Crippen molar-refractivity contribution in [1.29, 1.82) is 0 Å². The molecular weight excluding hydrogens is 285 g/mol. The van der Waals surface area contributed by atoms with E-state index in [0.717, 1.165) is 0 Å². The zero-order valence-corrected chi connectivity index (χ0v) is 11.7. The summed E-state index contributed by atoms with van der Waals surface area (Å²) in [5.41, 5.74) is 0.363. The number of halogens is 2. The van der Waals surface area contributed by atoms with Crippen LogP contribution < -0.4 is 15.4 Å². The molecule has 0 bridgehead atoms. The molecule has 0 amide bonds. The van der Waals surface area contributed by atoms with Crippen LogP contribution in [0, 0.1) is 5.82 Å². The zero-order valence-electron chi connectivity index (χ0n) is 10.9. The molecule has 2 rings (SSSR count). The fraction of sp³-hybridized carbons (Fsp3) is 0.250. The molecule has 0 aliphatic rings. The Bertz CT molecular complexity index is 610. The largest absolute Gasteiger partial charge is 0.464 e. The number of aromatic nitrogens is 3. The number of benzene rings is 1. The van der Waals surface area contributed by atoms with Gasteiger partial charge in [0.05, 0.1) is 17.3 Å². The maximum atomic E-state index is 13.2. The van der Waals surface area contributed by atoms with Crippen molar-refractivity contribution in [2.24, 2.45) is 0 Å². The molecule has 0 fully saturated rings. The molecule has 0 spiro atoms. The molecule has 6 nitrogen and oxygen atoms in total. The third kappa shape index (κ3) is 3.45. The van der Waals surface area contributed by atoms with Gasteiger partial charge >= 0.3 is 6.01 Å². The van der Waals surface area contributed by atoms with Crippen molar-refractivity contribution in [1.82, 2.24) is 15.0 Å². The Labute approximate surface area is 120 Å². The average Bonchev–Trinajstić information content (AvgIpc) is 2.43. The van der Waals surface area contributed by atoms with Crippen molar-refractivity contribution >= 4 is 29.2 Å². The van der Waals surface area contributed by atoms with E-state index in [1.54, 1.807) is 7.05 Å². The second-order valence-corrected chi connectivity index (χ2v) is 4.10. The first-order valence-electron chi connectivity index (χ1n) is 5.91. The fourth-order valence-corrected chi connectivity index (χ4v) is 1.60. The van der Waals surface area contributed by atoms with Crippen molar-refractivity contribution in [3.05, 3.63) is 29.0 Å². The van der Waals surface area contributed by atoms with Gasteiger partial charge in [0, 0.05) is 7.05 Å². The lowest BCUT2D eigenvalue weighted by Crippen LogP contribution is -2.07. The second kappa shape index (κ2) is 6.33. The summed E-state index contributed by atoms with van der Waals surface area (Å²) < 4.78 is 18.4. The Morgan fingerprint density at radius 1 is 1.25 bits per heavy atom. The van der Waals surface area contributed by atoms with Crippen molar-refractivity contribution in [3.63, 3.8) is 0 Å². The SMILES string of the molecule is CCOc1nc(NC)nc(Nc2cc(F)ccc2Cl)n1. The monoisotopic (exact) mass is 297 g/mol. The number of hydrogen-bond donors (Lipinski definition) is 2. The van der Waals surface area contributed by atoms with Crippen LogP contribution >= 0.6 is 11.6 Å². The minimum absolute atomic E-state index is 0.168. The number of rotatable bonds is 5. The van der Waals surface area contributed by atoms with Crippen molar-refractivity contribution in [2.45, 2.75) is 6.92 Å². The summed E-state index contributed by atoms with van der Waals surface area (Å²) in [5, 5.41) is 5.98. The number of nitrogens with zero attached hydrogens (tertiary/aromatic N) is 3. The minimum Gasteiger partial charge on any atom is -0.464 e. The molecule has 1 aromatic carbocycles. The maximum absolute atomic E-state index is 13.2. The molecule has 0 saturated heterocycles. The smallest absolute Gasteiger partial charge is 0.323 e. The normalized spacial score (nSPS) is 10.2. The summed E-state index contributed by atoms with van der Waals surface area (Å²) in [7, 11) is 1.67. The van der Waals surface area contributed by atoms with Crippen LogP contribution in [0.5, 0.6) is 6.01 Å². The van der Waals surface area contributed by atoms with Gasteiger partial charge < -0.3 is 15.4 Å². The van der Waals surface area contributed by atoms with Gasteiger partial charge in [-0.2, -0.15) is 15.0 Å². The molecule has 0 aliphatic carbocycles. The van der Waals surface area contributed by atoms with Crippen molar-refractivity contribution in [2.75, 3.05) is 24.3 Å². The van der Waals surface area contributed by atoms with Gasteiger partial charge in [-0.05, 0) is 25.1 Å². The highest BCUT2D eigenvalue weighted by molar-refractivity contribution is 6.33. The van der Waals surface area contributed by atoms with E-state index in [-0.39, 0.29) is 12.0 Å². The summed E-state index contributed by atoms with van der Waals surface area (Å²) in [6, 6.07) is 4.14. The Balaban J connectivity index is 2.32. The Morgan fingerprint density at radius 2 is 2.00 bits per heavy atom. The van der Waals surface area contributed by atoms with Crippen LogP contribution in [0.3, 0.4) is 0 Å². The van der Waals surface area contributed by atoms with Gasteiger partial charge in [0.1, 0.15) is 5.82 Å². The molecule has 0 radical (unpaired) electrons.